The molecule has 0 aliphatic carbocycles. The number of para-hydroxylation sites is 1. The fourth-order valence-corrected chi connectivity index (χ4v) is 2.96. The summed E-state index contributed by atoms with van der Waals surface area (Å²) in [6, 6.07) is 8.51. The lowest BCUT2D eigenvalue weighted by Crippen LogP contribution is -2.36. The van der Waals surface area contributed by atoms with Crippen molar-refractivity contribution < 1.29 is 9.90 Å². The Balaban J connectivity index is 1.58. The molecule has 2 aliphatic rings. The van der Waals surface area contributed by atoms with Gasteiger partial charge in [-0.15, -0.1) is 0 Å². The number of nitrogens with zero attached hydrogens (tertiary/aromatic N) is 1. The summed E-state index contributed by atoms with van der Waals surface area (Å²) in [7, 11) is 0. The van der Waals surface area contributed by atoms with Crippen LogP contribution < -0.4 is 5.32 Å². The zero-order valence-corrected chi connectivity index (χ0v) is 11.0. The summed E-state index contributed by atoms with van der Waals surface area (Å²) in [6.45, 7) is 1.20. The number of β-amino-alcohol motifs (C(OH)–C–C–N with tert-alkyl or cyclic N) is 1. The second-order valence-electron chi connectivity index (χ2n) is 5.52. The van der Waals surface area contributed by atoms with Crippen molar-refractivity contribution in [3.8, 4) is 0 Å². The van der Waals surface area contributed by atoms with Crippen LogP contribution in [0, 0.1) is 0 Å². The molecular weight excluding hydrogens is 240 g/mol. The lowest BCUT2D eigenvalue weighted by molar-refractivity contribution is -0.130. The maximum Gasteiger partial charge on any atom is 0.224 e. The van der Waals surface area contributed by atoms with E-state index in [-0.39, 0.29) is 18.1 Å². The highest BCUT2D eigenvalue weighted by Gasteiger charge is 2.27. The summed E-state index contributed by atoms with van der Waals surface area (Å²) in [4.78, 5) is 13.9. The van der Waals surface area contributed by atoms with Crippen LogP contribution >= 0.6 is 0 Å². The Kier molecular flexibility index (Phi) is 3.42. The van der Waals surface area contributed by atoms with Crippen LogP contribution in [0.1, 0.15) is 24.8 Å². The van der Waals surface area contributed by atoms with E-state index in [1.54, 1.807) is 4.90 Å². The van der Waals surface area contributed by atoms with Crippen LogP contribution in [-0.4, -0.2) is 41.1 Å². The van der Waals surface area contributed by atoms with E-state index >= 15 is 0 Å². The number of amides is 1. The van der Waals surface area contributed by atoms with E-state index in [9.17, 15) is 9.90 Å². The first-order valence-corrected chi connectivity index (χ1v) is 7.02. The first-order valence-electron chi connectivity index (χ1n) is 7.02. The smallest absolute Gasteiger partial charge is 0.224 e. The molecule has 0 radical (unpaired) electrons. The molecule has 1 saturated heterocycles. The van der Waals surface area contributed by atoms with Crippen LogP contribution in [0.2, 0.25) is 0 Å². The molecule has 0 aromatic heterocycles. The van der Waals surface area contributed by atoms with Crippen molar-refractivity contribution in [2.75, 3.05) is 18.4 Å². The number of fused-ring (bicyclic) bond motifs is 1. The zero-order valence-electron chi connectivity index (χ0n) is 11.0. The molecule has 0 bridgehead atoms. The van der Waals surface area contributed by atoms with Crippen molar-refractivity contribution in [1.82, 2.24) is 4.90 Å². The molecule has 2 atom stereocenters. The van der Waals surface area contributed by atoms with E-state index in [0.717, 1.165) is 18.5 Å². The van der Waals surface area contributed by atoms with E-state index in [1.807, 2.05) is 6.07 Å². The van der Waals surface area contributed by atoms with Crippen molar-refractivity contribution in [2.45, 2.75) is 37.8 Å². The quantitative estimate of drug-likeness (QED) is 0.845. The minimum atomic E-state index is -0.330. The predicted molar refractivity (Wildman–Crippen MR) is 74.0 cm³/mol. The SMILES string of the molecule is O=C(CC1CCc2ccccc2N1)N1CCC(O)C1. The molecule has 1 aromatic rings. The van der Waals surface area contributed by atoms with Gasteiger partial charge in [0.25, 0.3) is 0 Å². The Bertz CT molecular complexity index is 475. The van der Waals surface area contributed by atoms with Gasteiger partial charge in [-0.2, -0.15) is 0 Å². The molecule has 19 heavy (non-hydrogen) atoms. The van der Waals surface area contributed by atoms with Crippen molar-refractivity contribution >= 4 is 11.6 Å². The first kappa shape index (κ1) is 12.5. The van der Waals surface area contributed by atoms with Crippen LogP contribution in [0.15, 0.2) is 24.3 Å². The number of carbonyl (C=O) groups excluding carboxylic acids is 1. The molecule has 4 heteroatoms. The van der Waals surface area contributed by atoms with Gasteiger partial charge in [-0.25, -0.2) is 0 Å². The monoisotopic (exact) mass is 260 g/mol. The van der Waals surface area contributed by atoms with Crippen LogP contribution in [0.25, 0.3) is 0 Å². The van der Waals surface area contributed by atoms with E-state index in [0.29, 0.717) is 25.9 Å². The van der Waals surface area contributed by atoms with Gasteiger partial charge in [-0.05, 0) is 30.9 Å². The molecule has 0 saturated carbocycles. The van der Waals surface area contributed by atoms with Gasteiger partial charge in [0, 0.05) is 31.2 Å². The number of hydrogen-bond donors (Lipinski definition) is 2. The fourth-order valence-electron chi connectivity index (χ4n) is 2.96. The summed E-state index contributed by atoms with van der Waals surface area (Å²) in [6.07, 6.45) is 2.94. The average molecular weight is 260 g/mol. The first-order chi connectivity index (χ1) is 9.22. The van der Waals surface area contributed by atoms with Crippen LogP contribution in [0.5, 0.6) is 0 Å². The van der Waals surface area contributed by atoms with Crippen molar-refractivity contribution in [3.63, 3.8) is 0 Å². The average Bonchev–Trinajstić information content (AvgIpc) is 2.85. The van der Waals surface area contributed by atoms with Gasteiger partial charge in [-0.1, -0.05) is 18.2 Å². The number of anilines is 1. The molecule has 1 fully saturated rings. The van der Waals surface area contributed by atoms with Crippen LogP contribution in [0.3, 0.4) is 0 Å². The number of benzene rings is 1. The molecule has 4 nitrogen and oxygen atoms in total. The third-order valence-corrected chi connectivity index (χ3v) is 4.08. The molecular formula is C15H20N2O2. The lowest BCUT2D eigenvalue weighted by Gasteiger charge is -2.28. The molecule has 0 spiro atoms. The Morgan fingerprint density at radius 1 is 1.37 bits per heavy atom. The lowest BCUT2D eigenvalue weighted by atomic mass is 9.96. The molecule has 1 amide bonds. The Morgan fingerprint density at radius 2 is 2.21 bits per heavy atom. The predicted octanol–water partition coefficient (Wildman–Crippen LogP) is 1.40. The standard InChI is InChI=1S/C15H20N2O2/c18-13-7-8-17(10-13)15(19)9-12-6-5-11-3-1-2-4-14(11)16-12/h1-4,12-13,16,18H,5-10H2. The number of likely N-dealkylation sites (tertiary alicyclic amines) is 1. The Morgan fingerprint density at radius 3 is 3.00 bits per heavy atom. The van der Waals surface area contributed by atoms with Gasteiger partial charge >= 0.3 is 0 Å². The number of carbonyl (C=O) groups is 1. The zero-order chi connectivity index (χ0) is 13.2. The molecule has 2 aliphatic heterocycles. The number of nitrogens with one attached hydrogen (secondary N) is 1. The number of aliphatic hydroxyl groups excluding tert-OH is 1. The summed E-state index contributed by atoms with van der Waals surface area (Å²) in [5.74, 6) is 0.161. The van der Waals surface area contributed by atoms with Crippen LogP contribution in [-0.2, 0) is 11.2 Å². The fraction of sp³-hybridized carbons (Fsp3) is 0.533. The highest BCUT2D eigenvalue weighted by atomic mass is 16.3. The van der Waals surface area contributed by atoms with Gasteiger partial charge in [0.05, 0.1) is 6.10 Å². The number of aryl methyl sites for hydroxylation is 1. The summed E-state index contributed by atoms with van der Waals surface area (Å²) in [5.41, 5.74) is 2.50. The Labute approximate surface area is 113 Å². The molecule has 2 unspecified atom stereocenters. The molecule has 2 heterocycles. The third-order valence-electron chi connectivity index (χ3n) is 4.08. The minimum absolute atomic E-state index is 0.161. The Hall–Kier alpha value is -1.55. The highest BCUT2D eigenvalue weighted by molar-refractivity contribution is 5.78. The summed E-state index contributed by atoms with van der Waals surface area (Å²) < 4.78 is 0. The molecule has 1 aromatic carbocycles. The largest absolute Gasteiger partial charge is 0.391 e. The van der Waals surface area contributed by atoms with Crippen molar-refractivity contribution in [3.05, 3.63) is 29.8 Å². The van der Waals surface area contributed by atoms with Crippen molar-refractivity contribution in [1.29, 1.82) is 0 Å². The second-order valence-corrected chi connectivity index (χ2v) is 5.52. The van der Waals surface area contributed by atoms with Gasteiger partial charge in [0.1, 0.15) is 0 Å². The molecule has 102 valence electrons. The third kappa shape index (κ3) is 2.73. The minimum Gasteiger partial charge on any atom is -0.391 e. The highest BCUT2D eigenvalue weighted by Crippen LogP contribution is 2.26. The molecule has 3 rings (SSSR count). The van der Waals surface area contributed by atoms with E-state index < -0.39 is 0 Å². The number of hydrogen-bond acceptors (Lipinski definition) is 3. The maximum absolute atomic E-state index is 12.1. The second kappa shape index (κ2) is 5.21. The van der Waals surface area contributed by atoms with E-state index in [2.05, 4.69) is 23.5 Å². The van der Waals surface area contributed by atoms with E-state index in [4.69, 9.17) is 0 Å². The molecule has 2 N–H and O–H groups in total. The van der Waals surface area contributed by atoms with E-state index in [1.165, 1.54) is 5.56 Å². The van der Waals surface area contributed by atoms with Crippen molar-refractivity contribution in [2.24, 2.45) is 0 Å². The van der Waals surface area contributed by atoms with Gasteiger partial charge in [0.15, 0.2) is 0 Å². The van der Waals surface area contributed by atoms with Gasteiger partial charge in [0.2, 0.25) is 5.91 Å². The topological polar surface area (TPSA) is 52.6 Å². The van der Waals surface area contributed by atoms with Gasteiger partial charge < -0.3 is 15.3 Å². The number of aliphatic hydroxyl groups is 1. The summed E-state index contributed by atoms with van der Waals surface area (Å²) >= 11 is 0. The van der Waals surface area contributed by atoms with Gasteiger partial charge in [-0.3, -0.25) is 4.79 Å². The maximum atomic E-state index is 12.1. The number of rotatable bonds is 2. The van der Waals surface area contributed by atoms with Crippen LogP contribution in [0.4, 0.5) is 5.69 Å². The normalized spacial score (nSPS) is 25.8. The summed E-state index contributed by atoms with van der Waals surface area (Å²) in [5, 5.41) is 12.9.